The minimum absolute atomic E-state index is 0.404. The summed E-state index contributed by atoms with van der Waals surface area (Å²) >= 11 is 0. The van der Waals surface area contributed by atoms with Crippen LogP contribution in [0.2, 0.25) is 0 Å². The second-order valence-corrected chi connectivity index (χ2v) is 4.92. The Bertz CT molecular complexity index is 399. The Morgan fingerprint density at radius 3 is 2.76 bits per heavy atom. The van der Waals surface area contributed by atoms with Crippen LogP contribution in [0.15, 0.2) is 23.8 Å². The molecule has 0 saturated carbocycles. The molecule has 4 N–H and O–H groups in total. The molecule has 1 amide bonds. The summed E-state index contributed by atoms with van der Waals surface area (Å²) < 4.78 is 0. The van der Waals surface area contributed by atoms with E-state index in [1.54, 1.807) is 30.2 Å². The lowest BCUT2D eigenvalue weighted by Gasteiger charge is -2.38. The van der Waals surface area contributed by atoms with E-state index in [2.05, 4.69) is 5.43 Å². The molecule has 0 aromatic heterocycles. The van der Waals surface area contributed by atoms with Gasteiger partial charge >= 0.3 is 0 Å². The van der Waals surface area contributed by atoms with Crippen molar-refractivity contribution in [3.8, 4) is 0 Å². The molecule has 5 nitrogen and oxygen atoms in total. The van der Waals surface area contributed by atoms with Gasteiger partial charge in [-0.25, -0.2) is 5.01 Å². The molecular formula is C12H19N3O2. The third-order valence-corrected chi connectivity index (χ3v) is 3.72. The fourth-order valence-corrected chi connectivity index (χ4v) is 2.22. The molecule has 0 aromatic rings. The van der Waals surface area contributed by atoms with Crippen LogP contribution in [-0.4, -0.2) is 34.8 Å². The third-order valence-electron chi connectivity index (χ3n) is 3.72. The van der Waals surface area contributed by atoms with Gasteiger partial charge in [0.2, 0.25) is 5.91 Å². The summed E-state index contributed by atoms with van der Waals surface area (Å²) in [4.78, 5) is 11.4. The Morgan fingerprint density at radius 2 is 2.29 bits per heavy atom. The zero-order chi connectivity index (χ0) is 12.7. The molecule has 17 heavy (non-hydrogen) atoms. The number of nitrogens with zero attached hydrogens (tertiary/aromatic N) is 1. The number of amides is 1. The first kappa shape index (κ1) is 12.3. The number of aliphatic hydroxyl groups is 1. The van der Waals surface area contributed by atoms with Crippen LogP contribution in [-0.2, 0) is 4.79 Å². The second kappa shape index (κ2) is 3.94. The van der Waals surface area contributed by atoms with Gasteiger partial charge in [0.05, 0.1) is 5.41 Å². The summed E-state index contributed by atoms with van der Waals surface area (Å²) in [5.74, 6) is -0.404. The molecule has 0 bridgehead atoms. The van der Waals surface area contributed by atoms with E-state index in [9.17, 15) is 9.90 Å². The zero-order valence-electron chi connectivity index (χ0n) is 10.2. The van der Waals surface area contributed by atoms with Gasteiger partial charge in [-0.2, -0.15) is 0 Å². The van der Waals surface area contributed by atoms with Crippen molar-refractivity contribution in [1.82, 2.24) is 10.4 Å². The van der Waals surface area contributed by atoms with Crippen LogP contribution in [0.4, 0.5) is 0 Å². The van der Waals surface area contributed by atoms with E-state index in [1.807, 2.05) is 6.92 Å². The van der Waals surface area contributed by atoms with Crippen molar-refractivity contribution in [3.05, 3.63) is 23.8 Å². The number of rotatable bonds is 2. The predicted octanol–water partition coefficient (Wildman–Crippen LogP) is -0.107. The van der Waals surface area contributed by atoms with Crippen LogP contribution in [0.5, 0.6) is 0 Å². The summed E-state index contributed by atoms with van der Waals surface area (Å²) in [5, 5.41) is 12.3. The fourth-order valence-electron chi connectivity index (χ4n) is 2.22. The van der Waals surface area contributed by atoms with Crippen molar-refractivity contribution in [3.63, 3.8) is 0 Å². The molecule has 1 aliphatic heterocycles. The highest BCUT2D eigenvalue weighted by Gasteiger charge is 2.41. The lowest BCUT2D eigenvalue weighted by atomic mass is 9.77. The average molecular weight is 237 g/mol. The first-order valence-electron chi connectivity index (χ1n) is 5.82. The standard InChI is InChI=1S/C12H19N3O2/c1-9-8-12(17,15-7-3-6-14-15)5-4-11(9,2)10(13)16/h4-5,8,14,17H,3,6-7H2,1-2H3,(H2,13,16). The van der Waals surface area contributed by atoms with Crippen LogP contribution in [0, 0.1) is 5.41 Å². The van der Waals surface area contributed by atoms with Crippen molar-refractivity contribution in [2.75, 3.05) is 13.1 Å². The zero-order valence-corrected chi connectivity index (χ0v) is 10.2. The number of nitrogens with one attached hydrogen (secondary N) is 1. The Morgan fingerprint density at radius 1 is 1.59 bits per heavy atom. The van der Waals surface area contributed by atoms with E-state index in [0.29, 0.717) is 0 Å². The number of hydrogen-bond donors (Lipinski definition) is 3. The molecule has 2 atom stereocenters. The van der Waals surface area contributed by atoms with Gasteiger partial charge in [-0.05, 0) is 32.4 Å². The second-order valence-electron chi connectivity index (χ2n) is 4.92. The molecule has 94 valence electrons. The maximum atomic E-state index is 11.4. The highest BCUT2D eigenvalue weighted by Crippen LogP contribution is 2.36. The van der Waals surface area contributed by atoms with Gasteiger partial charge in [0.15, 0.2) is 5.72 Å². The number of nitrogens with two attached hydrogens (primary N) is 1. The smallest absolute Gasteiger partial charge is 0.231 e. The molecule has 2 rings (SSSR count). The topological polar surface area (TPSA) is 78.6 Å². The minimum Gasteiger partial charge on any atom is -0.369 e. The number of hydrogen-bond acceptors (Lipinski definition) is 4. The first-order chi connectivity index (χ1) is 7.88. The van der Waals surface area contributed by atoms with Gasteiger partial charge in [0, 0.05) is 13.1 Å². The van der Waals surface area contributed by atoms with Crippen LogP contribution < -0.4 is 11.2 Å². The minimum atomic E-state index is -1.16. The van der Waals surface area contributed by atoms with E-state index in [4.69, 9.17) is 5.73 Å². The van der Waals surface area contributed by atoms with E-state index in [0.717, 1.165) is 25.1 Å². The SMILES string of the molecule is CC1=CC(O)(N2CCCN2)C=CC1(C)C(N)=O. The van der Waals surface area contributed by atoms with Crippen LogP contribution >= 0.6 is 0 Å². The monoisotopic (exact) mass is 237 g/mol. The molecule has 0 aromatic carbocycles. The van der Waals surface area contributed by atoms with Gasteiger partial charge < -0.3 is 10.8 Å². The summed E-state index contributed by atoms with van der Waals surface area (Å²) in [7, 11) is 0. The lowest BCUT2D eigenvalue weighted by Crippen LogP contribution is -2.52. The number of carbonyl (C=O) groups is 1. The molecule has 2 aliphatic rings. The van der Waals surface area contributed by atoms with Gasteiger partial charge in [-0.1, -0.05) is 11.6 Å². The lowest BCUT2D eigenvalue weighted by molar-refractivity contribution is -0.123. The van der Waals surface area contributed by atoms with E-state index >= 15 is 0 Å². The maximum Gasteiger partial charge on any atom is 0.231 e. The van der Waals surface area contributed by atoms with Gasteiger partial charge in [-0.3, -0.25) is 10.2 Å². The Kier molecular flexibility index (Phi) is 2.85. The number of primary amides is 1. The van der Waals surface area contributed by atoms with Gasteiger partial charge in [0.1, 0.15) is 0 Å². The molecule has 1 saturated heterocycles. The van der Waals surface area contributed by atoms with E-state index < -0.39 is 17.0 Å². The number of carbonyl (C=O) groups excluding carboxylic acids is 1. The van der Waals surface area contributed by atoms with Crippen molar-refractivity contribution in [2.24, 2.45) is 11.1 Å². The van der Waals surface area contributed by atoms with Crippen molar-refractivity contribution < 1.29 is 9.90 Å². The molecule has 2 unspecified atom stereocenters. The van der Waals surface area contributed by atoms with Gasteiger partial charge in [0.25, 0.3) is 0 Å². The van der Waals surface area contributed by atoms with E-state index in [-0.39, 0.29) is 0 Å². The Hall–Kier alpha value is -1.17. The third kappa shape index (κ3) is 1.90. The Balaban J connectivity index is 2.30. The highest BCUT2D eigenvalue weighted by atomic mass is 16.3. The molecule has 5 heteroatoms. The Labute approximate surface area is 101 Å². The number of hydrazine groups is 1. The van der Waals surface area contributed by atoms with Crippen LogP contribution in [0.1, 0.15) is 20.3 Å². The molecule has 1 heterocycles. The largest absolute Gasteiger partial charge is 0.369 e. The predicted molar refractivity (Wildman–Crippen MR) is 64.5 cm³/mol. The summed E-state index contributed by atoms with van der Waals surface area (Å²) in [6.45, 7) is 5.21. The van der Waals surface area contributed by atoms with Crippen molar-refractivity contribution in [1.29, 1.82) is 0 Å². The maximum absolute atomic E-state index is 11.4. The summed E-state index contributed by atoms with van der Waals surface area (Å²) in [5.41, 5.74) is 7.32. The molecule has 0 radical (unpaired) electrons. The summed E-state index contributed by atoms with van der Waals surface area (Å²) in [6, 6.07) is 0. The van der Waals surface area contributed by atoms with Crippen molar-refractivity contribution in [2.45, 2.75) is 26.0 Å². The molecular weight excluding hydrogens is 218 g/mol. The van der Waals surface area contributed by atoms with Crippen LogP contribution in [0.3, 0.4) is 0 Å². The summed E-state index contributed by atoms with van der Waals surface area (Å²) in [6.07, 6.45) is 6.00. The normalized spacial score (nSPS) is 38.2. The van der Waals surface area contributed by atoms with Crippen LogP contribution in [0.25, 0.3) is 0 Å². The fraction of sp³-hybridized carbons (Fsp3) is 0.583. The quantitative estimate of drug-likeness (QED) is 0.586. The van der Waals surface area contributed by atoms with Crippen molar-refractivity contribution >= 4 is 5.91 Å². The van der Waals surface area contributed by atoms with Gasteiger partial charge in [-0.15, -0.1) is 0 Å². The average Bonchev–Trinajstić information content (AvgIpc) is 2.78. The molecule has 1 fully saturated rings. The highest BCUT2D eigenvalue weighted by molar-refractivity contribution is 5.86. The molecule has 1 aliphatic carbocycles. The van der Waals surface area contributed by atoms with E-state index in [1.165, 1.54) is 0 Å². The first-order valence-corrected chi connectivity index (χ1v) is 5.82. The molecule has 0 spiro atoms.